The monoisotopic (exact) mass is 478 g/mol. The summed E-state index contributed by atoms with van der Waals surface area (Å²) in [6.07, 6.45) is 2.14. The van der Waals surface area contributed by atoms with Crippen LogP contribution in [0.25, 0.3) is 10.8 Å². The lowest BCUT2D eigenvalue weighted by atomic mass is 10.1. The lowest BCUT2D eigenvalue weighted by Crippen LogP contribution is -2.23. The molecule has 0 spiro atoms. The van der Waals surface area contributed by atoms with E-state index in [4.69, 9.17) is 16.3 Å². The smallest absolute Gasteiger partial charge is 0.237 e. The van der Waals surface area contributed by atoms with Crippen LogP contribution in [0, 0.1) is 0 Å². The fraction of sp³-hybridized carbons (Fsp3) is 0.240. The Balaban J connectivity index is 1.27. The average Bonchev–Trinajstić information content (AvgIpc) is 3.59. The molecular weight excluding hydrogens is 456 g/mol. The van der Waals surface area contributed by atoms with Crippen LogP contribution in [0.15, 0.2) is 71.9 Å². The summed E-state index contributed by atoms with van der Waals surface area (Å²) in [6, 6.07) is 21.7. The minimum atomic E-state index is -0.337. The highest BCUT2D eigenvalue weighted by Gasteiger charge is 2.31. The molecule has 1 atom stereocenters. The molecule has 1 unspecified atom stereocenters. The van der Waals surface area contributed by atoms with Crippen molar-refractivity contribution >= 4 is 45.7 Å². The predicted molar refractivity (Wildman–Crippen MR) is 132 cm³/mol. The van der Waals surface area contributed by atoms with Gasteiger partial charge < -0.3 is 10.1 Å². The van der Waals surface area contributed by atoms with E-state index >= 15 is 0 Å². The van der Waals surface area contributed by atoms with E-state index in [1.165, 1.54) is 11.8 Å². The second-order valence-corrected chi connectivity index (χ2v) is 9.75. The molecule has 1 fully saturated rings. The first-order valence-electron chi connectivity index (χ1n) is 10.9. The van der Waals surface area contributed by atoms with E-state index < -0.39 is 0 Å². The number of hydrogen-bond donors (Lipinski definition) is 1. The minimum Gasteiger partial charge on any atom is -0.484 e. The number of fused-ring (bicyclic) bond motifs is 1. The summed E-state index contributed by atoms with van der Waals surface area (Å²) in [6.45, 7) is 2.15. The summed E-state index contributed by atoms with van der Waals surface area (Å²) in [7, 11) is 0. The molecule has 33 heavy (non-hydrogen) atoms. The normalized spacial score (nSPS) is 14.2. The number of thioether (sulfide) groups is 1. The number of para-hydroxylation sites is 1. The zero-order valence-electron chi connectivity index (χ0n) is 18.1. The molecule has 1 aromatic heterocycles. The quantitative estimate of drug-likeness (QED) is 0.309. The third kappa shape index (κ3) is 4.99. The molecule has 0 bridgehead atoms. The number of ether oxygens (including phenoxy) is 1. The number of carbonyl (C=O) groups is 1. The first-order chi connectivity index (χ1) is 16.1. The highest BCUT2D eigenvalue weighted by molar-refractivity contribution is 8.00. The van der Waals surface area contributed by atoms with E-state index in [2.05, 4.69) is 26.1 Å². The Hall–Kier alpha value is -3.03. The number of halogens is 1. The first kappa shape index (κ1) is 21.8. The van der Waals surface area contributed by atoms with Gasteiger partial charge in [-0.15, -0.1) is 10.2 Å². The standard InChI is InChI=1S/C25H23ClN4O2S/c1-16(24(31)27-19-11-10-17-6-2-3-7-18(17)14-19)33-25-29-28-23(30(25)20-12-13-20)15-32-22-9-5-4-8-21(22)26/h2-11,14,16,20H,12-13,15H2,1H3,(H,27,31). The van der Waals surface area contributed by atoms with Crippen molar-refractivity contribution in [2.45, 2.75) is 42.8 Å². The van der Waals surface area contributed by atoms with Gasteiger partial charge in [0.15, 0.2) is 11.0 Å². The second kappa shape index (κ2) is 9.45. The molecular formula is C25H23ClN4O2S. The van der Waals surface area contributed by atoms with Crippen LogP contribution in [0.1, 0.15) is 31.6 Å². The number of benzene rings is 3. The molecule has 1 N–H and O–H groups in total. The van der Waals surface area contributed by atoms with E-state index in [9.17, 15) is 4.79 Å². The average molecular weight is 479 g/mol. The van der Waals surface area contributed by atoms with Crippen molar-refractivity contribution in [2.75, 3.05) is 5.32 Å². The van der Waals surface area contributed by atoms with Crippen molar-refractivity contribution < 1.29 is 9.53 Å². The van der Waals surface area contributed by atoms with Gasteiger partial charge in [-0.1, -0.05) is 65.8 Å². The van der Waals surface area contributed by atoms with Gasteiger partial charge in [0.1, 0.15) is 12.4 Å². The molecule has 1 aliphatic carbocycles. The molecule has 5 rings (SSSR count). The van der Waals surface area contributed by atoms with Crippen molar-refractivity contribution in [1.29, 1.82) is 0 Å². The van der Waals surface area contributed by atoms with Crippen LogP contribution in [0.3, 0.4) is 0 Å². The van der Waals surface area contributed by atoms with Crippen molar-refractivity contribution in [1.82, 2.24) is 14.8 Å². The number of nitrogens with one attached hydrogen (secondary N) is 1. The van der Waals surface area contributed by atoms with Crippen LogP contribution < -0.4 is 10.1 Å². The zero-order valence-corrected chi connectivity index (χ0v) is 19.6. The Kier molecular flexibility index (Phi) is 6.24. The van der Waals surface area contributed by atoms with Crippen LogP contribution in [-0.2, 0) is 11.4 Å². The number of amides is 1. The lowest BCUT2D eigenvalue weighted by molar-refractivity contribution is -0.115. The molecule has 1 saturated carbocycles. The van der Waals surface area contributed by atoms with Crippen molar-refractivity contribution in [3.63, 3.8) is 0 Å². The Morgan fingerprint density at radius 2 is 1.88 bits per heavy atom. The summed E-state index contributed by atoms with van der Waals surface area (Å²) < 4.78 is 7.98. The second-order valence-electron chi connectivity index (χ2n) is 8.03. The van der Waals surface area contributed by atoms with Gasteiger partial charge in [-0.2, -0.15) is 0 Å². The van der Waals surface area contributed by atoms with Gasteiger partial charge in [0, 0.05) is 11.7 Å². The Morgan fingerprint density at radius 3 is 2.67 bits per heavy atom. The maximum atomic E-state index is 12.9. The fourth-order valence-corrected chi connectivity index (χ4v) is 4.74. The van der Waals surface area contributed by atoms with Gasteiger partial charge in [-0.3, -0.25) is 9.36 Å². The maximum Gasteiger partial charge on any atom is 0.237 e. The van der Waals surface area contributed by atoms with Gasteiger partial charge in [0.2, 0.25) is 5.91 Å². The summed E-state index contributed by atoms with van der Waals surface area (Å²) in [5.41, 5.74) is 0.781. The van der Waals surface area contributed by atoms with Gasteiger partial charge in [0.25, 0.3) is 0 Å². The summed E-state index contributed by atoms with van der Waals surface area (Å²) >= 11 is 7.61. The Bertz CT molecular complexity index is 1300. The lowest BCUT2D eigenvalue weighted by Gasteiger charge is -2.14. The first-order valence-corrected chi connectivity index (χ1v) is 12.1. The van der Waals surface area contributed by atoms with E-state index in [1.807, 2.05) is 61.5 Å². The third-order valence-corrected chi connectivity index (χ3v) is 6.88. The molecule has 0 aliphatic heterocycles. The van der Waals surface area contributed by atoms with Gasteiger partial charge in [-0.05, 0) is 54.8 Å². The van der Waals surface area contributed by atoms with E-state index in [0.717, 1.165) is 40.3 Å². The fourth-order valence-electron chi connectivity index (χ4n) is 3.61. The Labute approximate surface area is 201 Å². The molecule has 1 heterocycles. The number of carbonyl (C=O) groups excluding carboxylic acids is 1. The van der Waals surface area contributed by atoms with Crippen molar-refractivity contribution in [2.24, 2.45) is 0 Å². The molecule has 0 saturated heterocycles. The molecule has 1 aliphatic rings. The largest absolute Gasteiger partial charge is 0.484 e. The highest BCUT2D eigenvalue weighted by atomic mass is 35.5. The summed E-state index contributed by atoms with van der Waals surface area (Å²) in [5, 5.41) is 14.9. The van der Waals surface area contributed by atoms with Crippen molar-refractivity contribution in [3.05, 3.63) is 77.6 Å². The topological polar surface area (TPSA) is 69.0 Å². The van der Waals surface area contributed by atoms with Crippen LogP contribution in [0.2, 0.25) is 5.02 Å². The summed E-state index contributed by atoms with van der Waals surface area (Å²) in [5.74, 6) is 1.28. The van der Waals surface area contributed by atoms with Crippen LogP contribution in [0.4, 0.5) is 5.69 Å². The molecule has 4 aromatic rings. The predicted octanol–water partition coefficient (Wildman–Crippen LogP) is 6.12. The number of nitrogens with zero attached hydrogens (tertiary/aromatic N) is 3. The molecule has 8 heteroatoms. The Morgan fingerprint density at radius 1 is 1.12 bits per heavy atom. The minimum absolute atomic E-state index is 0.0745. The van der Waals surface area contributed by atoms with E-state index in [1.54, 1.807) is 6.07 Å². The van der Waals surface area contributed by atoms with Crippen molar-refractivity contribution in [3.8, 4) is 5.75 Å². The van der Waals surface area contributed by atoms with E-state index in [-0.39, 0.29) is 17.8 Å². The molecule has 3 aromatic carbocycles. The van der Waals surface area contributed by atoms with Crippen LogP contribution >= 0.6 is 23.4 Å². The maximum absolute atomic E-state index is 12.9. The molecule has 6 nitrogen and oxygen atoms in total. The number of rotatable bonds is 8. The third-order valence-electron chi connectivity index (χ3n) is 5.51. The van der Waals surface area contributed by atoms with Gasteiger partial charge >= 0.3 is 0 Å². The van der Waals surface area contributed by atoms with Crippen LogP contribution in [0.5, 0.6) is 5.75 Å². The van der Waals surface area contributed by atoms with E-state index in [0.29, 0.717) is 16.8 Å². The highest BCUT2D eigenvalue weighted by Crippen LogP contribution is 2.40. The van der Waals surface area contributed by atoms with Gasteiger partial charge in [0.05, 0.1) is 10.3 Å². The SMILES string of the molecule is CC(Sc1nnc(COc2ccccc2Cl)n1C1CC1)C(=O)Nc1ccc2ccccc2c1. The molecule has 168 valence electrons. The molecule has 1 amide bonds. The number of hydrogen-bond acceptors (Lipinski definition) is 5. The van der Waals surface area contributed by atoms with Crippen LogP contribution in [-0.4, -0.2) is 25.9 Å². The van der Waals surface area contributed by atoms with Gasteiger partial charge in [-0.25, -0.2) is 0 Å². The summed E-state index contributed by atoms with van der Waals surface area (Å²) in [4.78, 5) is 12.9. The number of aromatic nitrogens is 3. The number of anilines is 1. The molecule has 0 radical (unpaired) electrons. The zero-order chi connectivity index (χ0) is 22.8.